The molecule has 1 amide bonds. The summed E-state index contributed by atoms with van der Waals surface area (Å²) in [4.78, 5) is 35.5. The Bertz CT molecular complexity index is 868. The van der Waals surface area contributed by atoms with Gasteiger partial charge in [-0.3, -0.25) is 14.4 Å². The summed E-state index contributed by atoms with van der Waals surface area (Å²) in [5.41, 5.74) is 0.587. The van der Waals surface area contributed by atoms with Crippen LogP contribution in [0.4, 0.5) is 0 Å². The maximum absolute atomic E-state index is 12.8. The maximum atomic E-state index is 12.8. The fraction of sp³-hybridized carbons (Fsp3) is 0.500. The van der Waals surface area contributed by atoms with Crippen molar-refractivity contribution in [2.75, 3.05) is 0 Å². The minimum atomic E-state index is -0.868. The summed E-state index contributed by atoms with van der Waals surface area (Å²) in [6, 6.07) is 2.44. The normalized spacial score (nSPS) is 20.5. The first-order chi connectivity index (χ1) is 13.0. The monoisotopic (exact) mass is 373 g/mol. The summed E-state index contributed by atoms with van der Waals surface area (Å²) in [6.07, 6.45) is 6.48. The number of hydrogen-bond acceptors (Lipinski definition) is 5. The van der Waals surface area contributed by atoms with E-state index in [9.17, 15) is 19.5 Å². The van der Waals surface area contributed by atoms with Crippen LogP contribution < -0.4 is 10.9 Å². The molecule has 9 heteroatoms. The van der Waals surface area contributed by atoms with Crippen molar-refractivity contribution in [3.05, 3.63) is 39.9 Å². The topological polar surface area (TPSA) is 130 Å². The molecule has 0 aliphatic heterocycles. The quantitative estimate of drug-likeness (QED) is 0.743. The van der Waals surface area contributed by atoms with Gasteiger partial charge < -0.3 is 10.4 Å². The predicted molar refractivity (Wildman–Crippen MR) is 96.8 cm³/mol. The SMILES string of the molecule is Cc1c(C(=O)NC2CCCCCCC2C(=O)O)cnn1-c1ccc(=O)[nH]n1. The second-order valence-corrected chi connectivity index (χ2v) is 6.85. The average molecular weight is 373 g/mol. The third kappa shape index (κ3) is 4.24. The molecule has 144 valence electrons. The molecule has 3 N–H and O–H groups in total. The smallest absolute Gasteiger partial charge is 0.308 e. The van der Waals surface area contributed by atoms with Gasteiger partial charge in [0, 0.05) is 12.1 Å². The summed E-state index contributed by atoms with van der Waals surface area (Å²) in [6.45, 7) is 1.72. The Hall–Kier alpha value is -2.97. The van der Waals surface area contributed by atoms with E-state index in [-0.39, 0.29) is 11.5 Å². The van der Waals surface area contributed by atoms with Crippen LogP contribution in [0.5, 0.6) is 0 Å². The number of aliphatic carboxylic acids is 1. The van der Waals surface area contributed by atoms with Crippen molar-refractivity contribution in [1.29, 1.82) is 0 Å². The van der Waals surface area contributed by atoms with Gasteiger partial charge in [-0.1, -0.05) is 25.7 Å². The number of rotatable bonds is 4. The summed E-state index contributed by atoms with van der Waals surface area (Å²) in [7, 11) is 0. The van der Waals surface area contributed by atoms with Crippen LogP contribution in [0.15, 0.2) is 23.1 Å². The van der Waals surface area contributed by atoms with Gasteiger partial charge in [-0.05, 0) is 25.8 Å². The van der Waals surface area contributed by atoms with Crippen LogP contribution in [-0.4, -0.2) is 43.0 Å². The van der Waals surface area contributed by atoms with Gasteiger partial charge in [0.05, 0.1) is 23.4 Å². The summed E-state index contributed by atoms with van der Waals surface area (Å²) < 4.78 is 1.46. The van der Waals surface area contributed by atoms with Gasteiger partial charge in [-0.25, -0.2) is 9.78 Å². The minimum Gasteiger partial charge on any atom is -0.481 e. The van der Waals surface area contributed by atoms with Crippen LogP contribution in [0.3, 0.4) is 0 Å². The van der Waals surface area contributed by atoms with Gasteiger partial charge in [0.1, 0.15) is 0 Å². The second-order valence-electron chi connectivity index (χ2n) is 6.85. The van der Waals surface area contributed by atoms with Crippen molar-refractivity contribution in [3.63, 3.8) is 0 Å². The first kappa shape index (κ1) is 18.8. The number of amides is 1. The number of carboxylic acids is 1. The van der Waals surface area contributed by atoms with E-state index in [1.807, 2.05) is 0 Å². The van der Waals surface area contributed by atoms with Gasteiger partial charge in [0.25, 0.3) is 11.5 Å². The summed E-state index contributed by atoms with van der Waals surface area (Å²) in [5.74, 6) is -1.40. The standard InChI is InChI=1S/C18H23N5O4/c1-11-13(10-19-23(11)15-8-9-16(24)22-21-15)17(25)20-14-7-5-3-2-4-6-12(14)18(26)27/h8-10,12,14H,2-7H2,1H3,(H,20,25)(H,22,24)(H,26,27). The molecule has 2 unspecified atom stereocenters. The fourth-order valence-electron chi connectivity index (χ4n) is 3.52. The molecule has 1 saturated carbocycles. The molecule has 0 bridgehead atoms. The molecular formula is C18H23N5O4. The van der Waals surface area contributed by atoms with Crippen molar-refractivity contribution in [2.24, 2.45) is 5.92 Å². The Morgan fingerprint density at radius 1 is 1.22 bits per heavy atom. The van der Waals surface area contributed by atoms with E-state index in [4.69, 9.17) is 0 Å². The van der Waals surface area contributed by atoms with Crippen LogP contribution in [0.2, 0.25) is 0 Å². The lowest BCUT2D eigenvalue weighted by molar-refractivity contribution is -0.143. The number of carbonyl (C=O) groups is 2. The maximum Gasteiger partial charge on any atom is 0.308 e. The zero-order chi connectivity index (χ0) is 19.4. The number of aromatic amines is 1. The van der Waals surface area contributed by atoms with Gasteiger partial charge in [0.15, 0.2) is 5.82 Å². The van der Waals surface area contributed by atoms with E-state index < -0.39 is 17.9 Å². The Labute approximate surface area is 155 Å². The summed E-state index contributed by atoms with van der Waals surface area (Å²) in [5, 5.41) is 22.8. The number of hydrogen-bond donors (Lipinski definition) is 3. The van der Waals surface area contributed by atoms with E-state index in [0.29, 0.717) is 29.9 Å². The van der Waals surface area contributed by atoms with Crippen molar-refractivity contribution < 1.29 is 14.7 Å². The fourth-order valence-corrected chi connectivity index (χ4v) is 3.52. The number of carboxylic acid groups (broad SMARTS) is 1. The zero-order valence-corrected chi connectivity index (χ0v) is 15.1. The highest BCUT2D eigenvalue weighted by Gasteiger charge is 2.30. The molecule has 27 heavy (non-hydrogen) atoms. The second kappa shape index (κ2) is 8.15. The Morgan fingerprint density at radius 3 is 2.63 bits per heavy atom. The number of carbonyl (C=O) groups excluding carboxylic acids is 1. The van der Waals surface area contributed by atoms with Crippen molar-refractivity contribution in [3.8, 4) is 5.82 Å². The molecule has 1 fully saturated rings. The molecule has 0 radical (unpaired) electrons. The molecule has 0 aromatic carbocycles. The Morgan fingerprint density at radius 2 is 1.96 bits per heavy atom. The van der Waals surface area contributed by atoms with Crippen LogP contribution >= 0.6 is 0 Å². The van der Waals surface area contributed by atoms with Crippen molar-refractivity contribution in [1.82, 2.24) is 25.3 Å². The lowest BCUT2D eigenvalue weighted by Gasteiger charge is -2.27. The highest BCUT2D eigenvalue weighted by Crippen LogP contribution is 2.24. The van der Waals surface area contributed by atoms with E-state index in [0.717, 1.165) is 25.7 Å². The highest BCUT2D eigenvalue weighted by molar-refractivity contribution is 5.95. The Balaban J connectivity index is 1.79. The molecule has 0 spiro atoms. The molecule has 9 nitrogen and oxygen atoms in total. The summed E-state index contributed by atoms with van der Waals surface area (Å²) >= 11 is 0. The third-order valence-corrected chi connectivity index (χ3v) is 5.04. The van der Waals surface area contributed by atoms with E-state index in [1.165, 1.54) is 23.0 Å². The number of nitrogens with one attached hydrogen (secondary N) is 2. The van der Waals surface area contributed by atoms with Crippen molar-refractivity contribution >= 4 is 11.9 Å². The number of aromatic nitrogens is 4. The molecular weight excluding hydrogens is 350 g/mol. The van der Waals surface area contributed by atoms with Gasteiger partial charge in [0.2, 0.25) is 0 Å². The zero-order valence-electron chi connectivity index (χ0n) is 15.1. The van der Waals surface area contributed by atoms with Gasteiger partial charge in [-0.2, -0.15) is 10.2 Å². The molecule has 0 saturated heterocycles. The van der Waals surface area contributed by atoms with Crippen LogP contribution in [0.1, 0.15) is 54.6 Å². The molecule has 2 aromatic heterocycles. The molecule has 2 atom stereocenters. The Kier molecular flexibility index (Phi) is 5.68. The molecule has 2 aromatic rings. The van der Waals surface area contributed by atoms with Gasteiger partial charge in [-0.15, -0.1) is 0 Å². The van der Waals surface area contributed by atoms with Crippen LogP contribution in [0.25, 0.3) is 5.82 Å². The largest absolute Gasteiger partial charge is 0.481 e. The molecule has 3 rings (SSSR count). The van der Waals surface area contributed by atoms with Gasteiger partial charge >= 0.3 is 5.97 Å². The highest BCUT2D eigenvalue weighted by atomic mass is 16.4. The first-order valence-electron chi connectivity index (χ1n) is 9.12. The minimum absolute atomic E-state index is 0.328. The lowest BCUT2D eigenvalue weighted by Crippen LogP contribution is -2.44. The van der Waals surface area contributed by atoms with Crippen LogP contribution in [-0.2, 0) is 4.79 Å². The molecule has 1 aliphatic carbocycles. The number of nitrogens with zero attached hydrogens (tertiary/aromatic N) is 3. The van der Waals surface area contributed by atoms with E-state index in [1.54, 1.807) is 6.92 Å². The van der Waals surface area contributed by atoms with Crippen LogP contribution in [0, 0.1) is 12.8 Å². The van der Waals surface area contributed by atoms with E-state index in [2.05, 4.69) is 20.6 Å². The third-order valence-electron chi connectivity index (χ3n) is 5.04. The van der Waals surface area contributed by atoms with Crippen molar-refractivity contribution in [2.45, 2.75) is 51.5 Å². The lowest BCUT2D eigenvalue weighted by atomic mass is 9.86. The molecule has 1 aliphatic rings. The first-order valence-corrected chi connectivity index (χ1v) is 9.12. The average Bonchev–Trinajstić information content (AvgIpc) is 2.99. The number of H-pyrrole nitrogens is 1. The molecule has 2 heterocycles. The predicted octanol–water partition coefficient (Wildman–Crippen LogP) is 1.42. The van der Waals surface area contributed by atoms with E-state index >= 15 is 0 Å².